The molecule has 1 N–H and O–H groups in total. The Morgan fingerprint density at radius 3 is 2.64 bits per heavy atom. The van der Waals surface area contributed by atoms with E-state index in [1.54, 1.807) is 0 Å². The molecule has 1 aromatic heterocycles. The number of rotatable bonds is 9. The highest BCUT2D eigenvalue weighted by Gasteiger charge is 2.19. The van der Waals surface area contributed by atoms with Crippen molar-refractivity contribution < 1.29 is 9.53 Å². The van der Waals surface area contributed by atoms with E-state index in [1.807, 2.05) is 30.3 Å². The van der Waals surface area contributed by atoms with Crippen LogP contribution >= 0.6 is 0 Å². The number of hydrogen-bond donors (Lipinski definition) is 1. The monoisotopic (exact) mass is 304 g/mol. The SMILES string of the molecule is CCN(CC)CCCNCc1c(-c2ccccc2)no[n+]1[O-]. The topological polar surface area (TPSA) is 68.2 Å². The maximum atomic E-state index is 11.7. The van der Waals surface area contributed by atoms with Gasteiger partial charge in [0.1, 0.15) is 0 Å². The molecule has 6 heteroatoms. The van der Waals surface area contributed by atoms with Gasteiger partial charge in [0.25, 0.3) is 5.69 Å². The number of nitrogens with zero attached hydrogens (tertiary/aromatic N) is 3. The average molecular weight is 304 g/mol. The summed E-state index contributed by atoms with van der Waals surface area (Å²) in [5.41, 5.74) is 2.02. The van der Waals surface area contributed by atoms with Crippen LogP contribution in [-0.4, -0.2) is 36.2 Å². The fourth-order valence-electron chi connectivity index (χ4n) is 2.40. The van der Waals surface area contributed by atoms with Crippen molar-refractivity contribution in [3.8, 4) is 11.3 Å². The summed E-state index contributed by atoms with van der Waals surface area (Å²) in [6.07, 6.45) is 1.05. The number of benzene rings is 1. The zero-order valence-corrected chi connectivity index (χ0v) is 13.3. The molecule has 0 bridgehead atoms. The van der Waals surface area contributed by atoms with Gasteiger partial charge in [-0.1, -0.05) is 44.2 Å². The number of nitrogens with one attached hydrogen (secondary N) is 1. The van der Waals surface area contributed by atoms with Gasteiger partial charge in [0.05, 0.1) is 6.54 Å². The van der Waals surface area contributed by atoms with Crippen molar-refractivity contribution in [2.24, 2.45) is 0 Å². The molecule has 0 fully saturated rings. The number of hydrogen-bond acceptors (Lipinski definition) is 5. The fourth-order valence-corrected chi connectivity index (χ4v) is 2.40. The second-order valence-corrected chi connectivity index (χ2v) is 5.15. The van der Waals surface area contributed by atoms with E-state index in [1.165, 1.54) is 0 Å². The Kier molecular flexibility index (Phi) is 6.36. The van der Waals surface area contributed by atoms with Gasteiger partial charge >= 0.3 is 0 Å². The van der Waals surface area contributed by atoms with Gasteiger partial charge in [0.15, 0.2) is 0 Å². The predicted octanol–water partition coefficient (Wildman–Crippen LogP) is 1.80. The van der Waals surface area contributed by atoms with E-state index in [-0.39, 0.29) is 0 Å². The van der Waals surface area contributed by atoms with Crippen LogP contribution in [-0.2, 0) is 6.54 Å². The molecule has 0 radical (unpaired) electrons. The highest BCUT2D eigenvalue weighted by molar-refractivity contribution is 5.59. The van der Waals surface area contributed by atoms with Crippen LogP contribution in [0, 0.1) is 5.21 Å². The van der Waals surface area contributed by atoms with E-state index >= 15 is 0 Å². The first-order valence-electron chi connectivity index (χ1n) is 7.83. The van der Waals surface area contributed by atoms with E-state index in [9.17, 15) is 5.21 Å². The third kappa shape index (κ3) is 4.29. The molecule has 1 heterocycles. The van der Waals surface area contributed by atoms with Gasteiger partial charge in [-0.05, 0) is 37.5 Å². The molecule has 0 saturated heterocycles. The Balaban J connectivity index is 1.87. The van der Waals surface area contributed by atoms with Gasteiger partial charge in [-0.15, -0.1) is 0 Å². The van der Waals surface area contributed by atoms with Crippen LogP contribution in [0.3, 0.4) is 0 Å². The molecule has 0 amide bonds. The standard InChI is InChI=1S/C16H24N4O2/c1-3-19(4-2)12-8-11-17-13-15-16(18-22-20(15)21)14-9-6-5-7-10-14/h5-7,9-10,17H,3-4,8,11-13H2,1-2H3. The van der Waals surface area contributed by atoms with Crippen LogP contribution in [0.25, 0.3) is 11.3 Å². The van der Waals surface area contributed by atoms with Gasteiger partial charge in [-0.3, -0.25) is 4.63 Å². The Bertz CT molecular complexity index is 553. The molecule has 0 spiro atoms. The van der Waals surface area contributed by atoms with Crippen LogP contribution in [0.2, 0.25) is 0 Å². The Labute approximate surface area is 131 Å². The summed E-state index contributed by atoms with van der Waals surface area (Å²) in [5.74, 6) is 0. The summed E-state index contributed by atoms with van der Waals surface area (Å²) in [6.45, 7) is 8.85. The van der Waals surface area contributed by atoms with E-state index in [4.69, 9.17) is 4.63 Å². The van der Waals surface area contributed by atoms with E-state index in [0.29, 0.717) is 22.8 Å². The van der Waals surface area contributed by atoms with Gasteiger partial charge in [-0.25, -0.2) is 0 Å². The Morgan fingerprint density at radius 2 is 1.95 bits per heavy atom. The summed E-state index contributed by atoms with van der Waals surface area (Å²) in [4.78, 5) is 2.87. The molecule has 22 heavy (non-hydrogen) atoms. The second kappa shape index (κ2) is 8.51. The highest BCUT2D eigenvalue weighted by atomic mass is 16.8. The van der Waals surface area contributed by atoms with E-state index in [2.05, 4.69) is 29.2 Å². The molecular formula is C16H24N4O2. The Morgan fingerprint density at radius 1 is 1.23 bits per heavy atom. The lowest BCUT2D eigenvalue weighted by atomic mass is 10.1. The minimum Gasteiger partial charge on any atom is -0.359 e. The van der Waals surface area contributed by atoms with Crippen molar-refractivity contribution in [2.45, 2.75) is 26.8 Å². The molecule has 0 aliphatic carbocycles. The van der Waals surface area contributed by atoms with Gasteiger partial charge in [0.2, 0.25) is 5.69 Å². The third-order valence-electron chi connectivity index (χ3n) is 3.76. The quantitative estimate of drug-likeness (QED) is 0.565. The van der Waals surface area contributed by atoms with Crippen LogP contribution in [0.1, 0.15) is 26.0 Å². The van der Waals surface area contributed by atoms with Crippen LogP contribution in [0.4, 0.5) is 0 Å². The first-order valence-corrected chi connectivity index (χ1v) is 7.83. The molecule has 2 aromatic rings. The molecular weight excluding hydrogens is 280 g/mol. The third-order valence-corrected chi connectivity index (χ3v) is 3.76. The van der Waals surface area contributed by atoms with Crippen molar-refractivity contribution in [3.63, 3.8) is 0 Å². The summed E-state index contributed by atoms with van der Waals surface area (Å²) in [6, 6.07) is 9.60. The molecule has 120 valence electrons. The normalized spacial score (nSPS) is 11.2. The average Bonchev–Trinajstić information content (AvgIpc) is 2.93. The lowest BCUT2D eigenvalue weighted by Gasteiger charge is -2.17. The first kappa shape index (κ1) is 16.5. The molecule has 0 atom stereocenters. The smallest absolute Gasteiger partial charge is 0.252 e. The second-order valence-electron chi connectivity index (χ2n) is 5.15. The lowest BCUT2D eigenvalue weighted by molar-refractivity contribution is -0.808. The van der Waals surface area contributed by atoms with E-state index in [0.717, 1.165) is 38.2 Å². The first-order chi connectivity index (χ1) is 10.8. The zero-order chi connectivity index (χ0) is 15.8. The predicted molar refractivity (Wildman–Crippen MR) is 85.0 cm³/mol. The summed E-state index contributed by atoms with van der Waals surface area (Å²) < 4.78 is 4.74. The molecule has 0 aliphatic heterocycles. The summed E-state index contributed by atoms with van der Waals surface area (Å²) >= 11 is 0. The highest BCUT2D eigenvalue weighted by Crippen LogP contribution is 2.18. The molecule has 1 aromatic carbocycles. The van der Waals surface area contributed by atoms with Crippen LogP contribution in [0.5, 0.6) is 0 Å². The van der Waals surface area contributed by atoms with Crippen LogP contribution < -0.4 is 10.2 Å². The largest absolute Gasteiger partial charge is 0.359 e. The van der Waals surface area contributed by atoms with Gasteiger partial charge in [-0.2, -0.15) is 0 Å². The maximum Gasteiger partial charge on any atom is 0.252 e. The van der Waals surface area contributed by atoms with Crippen molar-refractivity contribution >= 4 is 0 Å². The minimum absolute atomic E-state index is 0.454. The molecule has 0 aliphatic rings. The van der Waals surface area contributed by atoms with Crippen molar-refractivity contribution in [3.05, 3.63) is 41.2 Å². The summed E-state index contributed by atoms with van der Waals surface area (Å²) in [7, 11) is 0. The van der Waals surface area contributed by atoms with Crippen molar-refractivity contribution in [2.75, 3.05) is 26.2 Å². The molecule has 6 nitrogen and oxygen atoms in total. The maximum absolute atomic E-state index is 11.7. The van der Waals surface area contributed by atoms with E-state index < -0.39 is 0 Å². The fraction of sp³-hybridized carbons (Fsp3) is 0.500. The van der Waals surface area contributed by atoms with Crippen molar-refractivity contribution in [1.29, 1.82) is 0 Å². The van der Waals surface area contributed by atoms with Crippen molar-refractivity contribution in [1.82, 2.24) is 15.4 Å². The zero-order valence-electron chi connectivity index (χ0n) is 13.3. The molecule has 0 unspecified atom stereocenters. The molecule has 0 saturated carbocycles. The minimum atomic E-state index is 0.454. The number of aromatic nitrogens is 2. The Hall–Kier alpha value is -1.92. The van der Waals surface area contributed by atoms with Crippen LogP contribution in [0.15, 0.2) is 35.0 Å². The summed E-state index contributed by atoms with van der Waals surface area (Å²) in [5, 5.41) is 18.9. The lowest BCUT2D eigenvalue weighted by Crippen LogP contribution is -2.33. The van der Waals surface area contributed by atoms with Gasteiger partial charge < -0.3 is 15.4 Å². The molecule has 2 rings (SSSR count). The van der Waals surface area contributed by atoms with Gasteiger partial charge in [0, 0.05) is 10.7 Å².